The summed E-state index contributed by atoms with van der Waals surface area (Å²) in [6.07, 6.45) is 1.36. The zero-order chi connectivity index (χ0) is 18.4. The average Bonchev–Trinajstić information content (AvgIpc) is 3.04. The van der Waals surface area contributed by atoms with Gasteiger partial charge in [-0.25, -0.2) is 4.79 Å². The lowest BCUT2D eigenvalue weighted by atomic mass is 10.1. The van der Waals surface area contributed by atoms with Crippen LogP contribution in [0, 0.1) is 0 Å². The topological polar surface area (TPSA) is 84.1 Å². The molecule has 25 heavy (non-hydrogen) atoms. The van der Waals surface area contributed by atoms with Crippen molar-refractivity contribution in [1.29, 1.82) is 0 Å². The molecule has 0 saturated carbocycles. The van der Waals surface area contributed by atoms with Crippen molar-refractivity contribution in [2.24, 2.45) is 0 Å². The van der Waals surface area contributed by atoms with Gasteiger partial charge in [0.1, 0.15) is 5.56 Å². The van der Waals surface area contributed by atoms with Crippen molar-refractivity contribution in [3.63, 3.8) is 0 Å². The minimum absolute atomic E-state index is 0.0588. The molecule has 0 saturated heterocycles. The normalized spacial score (nSPS) is 11.0. The number of rotatable bonds is 7. The second kappa shape index (κ2) is 8.61. The predicted octanol–water partition coefficient (Wildman–Crippen LogP) is 3.64. The number of amides is 1. The first kappa shape index (κ1) is 18.9. The van der Waals surface area contributed by atoms with Gasteiger partial charge in [0.25, 0.3) is 11.7 Å². The molecule has 0 unspecified atom stereocenters. The van der Waals surface area contributed by atoms with Gasteiger partial charge in [-0.05, 0) is 30.2 Å². The van der Waals surface area contributed by atoms with Crippen molar-refractivity contribution >= 4 is 29.3 Å². The Bertz CT molecular complexity index is 732. The third-order valence-corrected chi connectivity index (χ3v) is 3.89. The molecule has 0 radical (unpaired) electrons. The van der Waals surface area contributed by atoms with Crippen LogP contribution >= 0.6 is 11.8 Å². The van der Waals surface area contributed by atoms with E-state index in [2.05, 4.69) is 15.5 Å². The Morgan fingerprint density at radius 1 is 1.28 bits per heavy atom. The predicted molar refractivity (Wildman–Crippen MR) is 89.9 cm³/mol. The summed E-state index contributed by atoms with van der Waals surface area (Å²) in [6.45, 7) is 3.33. The van der Waals surface area contributed by atoms with Crippen LogP contribution in [0.1, 0.15) is 35.8 Å². The maximum absolute atomic E-state index is 12.2. The van der Waals surface area contributed by atoms with E-state index in [9.17, 15) is 18.4 Å². The van der Waals surface area contributed by atoms with Gasteiger partial charge < -0.3 is 10.1 Å². The Morgan fingerprint density at radius 2 is 1.96 bits per heavy atom. The molecule has 1 aromatic heterocycles. The molecule has 0 aliphatic heterocycles. The van der Waals surface area contributed by atoms with Crippen molar-refractivity contribution in [3.8, 4) is 0 Å². The molecule has 1 aromatic carbocycles. The molecule has 0 atom stereocenters. The number of esters is 1. The van der Waals surface area contributed by atoms with Gasteiger partial charge in [0.2, 0.25) is 0 Å². The molecule has 2 aromatic rings. The number of carbonyl (C=O) groups excluding carboxylic acids is 2. The lowest BCUT2D eigenvalue weighted by Crippen LogP contribution is -2.21. The van der Waals surface area contributed by atoms with Crippen LogP contribution in [0.2, 0.25) is 0 Å². The largest absolute Gasteiger partial charge is 0.452 e. The van der Waals surface area contributed by atoms with E-state index in [1.807, 2.05) is 13.8 Å². The molecule has 2 N–H and O–H groups in total. The Hall–Kier alpha value is -2.42. The van der Waals surface area contributed by atoms with Crippen molar-refractivity contribution in [2.45, 2.75) is 30.4 Å². The number of thioether (sulfide) groups is 1. The summed E-state index contributed by atoms with van der Waals surface area (Å²) in [4.78, 5) is 24.2. The summed E-state index contributed by atoms with van der Waals surface area (Å²) in [7, 11) is 0. The number of ether oxygens (including phenoxy) is 1. The second-order valence-corrected chi connectivity index (χ2v) is 6.44. The first-order valence-electron chi connectivity index (χ1n) is 7.42. The number of H-pyrrole nitrogens is 1. The third kappa shape index (κ3) is 5.56. The molecule has 0 spiro atoms. The summed E-state index contributed by atoms with van der Waals surface area (Å²) in [5.74, 6) is -3.62. The number of carbonyl (C=O) groups is 2. The standard InChI is InChI=1S/C16H17F2N3O3S/c1-9(2)14-12(7-19-21-14)15(23)24-8-13(22)20-10-3-5-11(6-4-10)25-16(17)18/h3-7,9,16H,8H2,1-2H3,(H,19,21)(H,20,22). The van der Waals surface area contributed by atoms with Crippen LogP contribution in [0.5, 0.6) is 0 Å². The highest BCUT2D eigenvalue weighted by Gasteiger charge is 2.18. The van der Waals surface area contributed by atoms with Crippen molar-refractivity contribution < 1.29 is 23.1 Å². The van der Waals surface area contributed by atoms with Crippen LogP contribution in [0.15, 0.2) is 35.4 Å². The highest BCUT2D eigenvalue weighted by Crippen LogP contribution is 2.26. The van der Waals surface area contributed by atoms with Crippen LogP contribution in [0.25, 0.3) is 0 Å². The van der Waals surface area contributed by atoms with E-state index in [0.29, 0.717) is 28.0 Å². The number of benzene rings is 1. The number of halogens is 2. The molecule has 0 fully saturated rings. The average molecular weight is 369 g/mol. The number of nitrogens with zero attached hydrogens (tertiary/aromatic N) is 1. The number of hydrogen-bond acceptors (Lipinski definition) is 5. The molecule has 0 aliphatic carbocycles. The Kier molecular flexibility index (Phi) is 6.51. The fourth-order valence-corrected chi connectivity index (χ4v) is 2.52. The maximum atomic E-state index is 12.2. The van der Waals surface area contributed by atoms with E-state index in [1.165, 1.54) is 30.5 Å². The van der Waals surface area contributed by atoms with Gasteiger partial charge in [-0.1, -0.05) is 25.6 Å². The van der Waals surface area contributed by atoms with Crippen LogP contribution in [0.3, 0.4) is 0 Å². The molecule has 0 aliphatic rings. The number of aromatic nitrogens is 2. The minimum atomic E-state index is -2.50. The van der Waals surface area contributed by atoms with Gasteiger partial charge in [0, 0.05) is 10.6 Å². The van der Waals surface area contributed by atoms with Gasteiger partial charge in [0.15, 0.2) is 6.61 Å². The highest BCUT2D eigenvalue weighted by atomic mass is 32.2. The first-order valence-corrected chi connectivity index (χ1v) is 8.30. The van der Waals surface area contributed by atoms with Gasteiger partial charge in [-0.3, -0.25) is 9.89 Å². The Morgan fingerprint density at radius 3 is 2.56 bits per heavy atom. The van der Waals surface area contributed by atoms with E-state index in [0.717, 1.165) is 0 Å². The van der Waals surface area contributed by atoms with E-state index in [1.54, 1.807) is 0 Å². The maximum Gasteiger partial charge on any atom is 0.342 e. The minimum Gasteiger partial charge on any atom is -0.452 e. The lowest BCUT2D eigenvalue weighted by Gasteiger charge is -2.08. The fraction of sp³-hybridized carbons (Fsp3) is 0.312. The number of nitrogens with one attached hydrogen (secondary N) is 2. The molecular weight excluding hydrogens is 352 g/mol. The van der Waals surface area contributed by atoms with Crippen molar-refractivity contribution in [1.82, 2.24) is 10.2 Å². The van der Waals surface area contributed by atoms with E-state index in [4.69, 9.17) is 4.74 Å². The zero-order valence-corrected chi connectivity index (χ0v) is 14.4. The number of alkyl halides is 2. The summed E-state index contributed by atoms with van der Waals surface area (Å²) in [5.41, 5.74) is 1.35. The molecule has 2 rings (SSSR count). The monoisotopic (exact) mass is 369 g/mol. The van der Waals surface area contributed by atoms with E-state index < -0.39 is 24.2 Å². The van der Waals surface area contributed by atoms with Crippen LogP contribution in [-0.4, -0.2) is 34.4 Å². The van der Waals surface area contributed by atoms with E-state index in [-0.39, 0.29) is 11.5 Å². The summed E-state index contributed by atoms with van der Waals surface area (Å²) < 4.78 is 29.5. The third-order valence-electron chi connectivity index (χ3n) is 3.16. The van der Waals surface area contributed by atoms with Crippen LogP contribution in [0.4, 0.5) is 14.5 Å². The fourth-order valence-electron chi connectivity index (χ4n) is 2.02. The highest BCUT2D eigenvalue weighted by molar-refractivity contribution is 7.99. The van der Waals surface area contributed by atoms with Crippen LogP contribution < -0.4 is 5.32 Å². The molecule has 0 bridgehead atoms. The van der Waals surface area contributed by atoms with E-state index >= 15 is 0 Å². The van der Waals surface area contributed by atoms with Crippen LogP contribution in [-0.2, 0) is 9.53 Å². The van der Waals surface area contributed by atoms with Gasteiger partial charge in [-0.2, -0.15) is 13.9 Å². The Labute approximate surface area is 147 Å². The summed E-state index contributed by atoms with van der Waals surface area (Å²) in [5, 5.41) is 9.06. The van der Waals surface area contributed by atoms with Gasteiger partial charge in [0.05, 0.1) is 11.9 Å². The van der Waals surface area contributed by atoms with Gasteiger partial charge in [-0.15, -0.1) is 0 Å². The second-order valence-electron chi connectivity index (χ2n) is 5.38. The molecular formula is C16H17F2N3O3S. The number of hydrogen-bond donors (Lipinski definition) is 2. The van der Waals surface area contributed by atoms with Crippen molar-refractivity contribution in [2.75, 3.05) is 11.9 Å². The molecule has 134 valence electrons. The quantitative estimate of drug-likeness (QED) is 0.575. The number of aromatic amines is 1. The summed E-state index contributed by atoms with van der Waals surface area (Å²) in [6, 6.07) is 5.94. The summed E-state index contributed by atoms with van der Waals surface area (Å²) >= 11 is 0.418. The number of anilines is 1. The molecule has 1 heterocycles. The SMILES string of the molecule is CC(C)c1[nH]ncc1C(=O)OCC(=O)Nc1ccc(SC(F)F)cc1. The van der Waals surface area contributed by atoms with Crippen molar-refractivity contribution in [3.05, 3.63) is 41.7 Å². The Balaban J connectivity index is 1.86. The lowest BCUT2D eigenvalue weighted by molar-refractivity contribution is -0.119. The zero-order valence-electron chi connectivity index (χ0n) is 13.6. The first-order chi connectivity index (χ1) is 11.9. The smallest absolute Gasteiger partial charge is 0.342 e. The molecule has 6 nitrogen and oxygen atoms in total. The molecule has 1 amide bonds. The van der Waals surface area contributed by atoms with Gasteiger partial charge >= 0.3 is 5.97 Å². The molecule has 9 heteroatoms.